The standard InChI is InChI=1S/C18H23N3O2S.2ClH/c1-13-3-5-16(6-4-13)23-11-17-20-15(12-24-17)9-18(22)21-8-7-19-14(2)10-21;;/h3-6,12,14,19H,7-11H2,1-2H3;2*1H. The fourth-order valence-electron chi connectivity index (χ4n) is 2.70. The van der Waals surface area contributed by atoms with Gasteiger partial charge in [-0.2, -0.15) is 0 Å². The zero-order valence-corrected chi connectivity index (χ0v) is 17.4. The van der Waals surface area contributed by atoms with Gasteiger partial charge in [0, 0.05) is 31.1 Å². The van der Waals surface area contributed by atoms with Crippen molar-refractivity contribution in [3.63, 3.8) is 0 Å². The number of hydrogen-bond donors (Lipinski definition) is 1. The van der Waals surface area contributed by atoms with Crippen molar-refractivity contribution in [3.05, 3.63) is 45.9 Å². The minimum absolute atomic E-state index is 0. The number of piperazine rings is 1. The molecule has 2 heterocycles. The second kappa shape index (κ2) is 10.7. The van der Waals surface area contributed by atoms with Gasteiger partial charge in [0.05, 0.1) is 12.1 Å². The quantitative estimate of drug-likeness (QED) is 0.810. The van der Waals surface area contributed by atoms with E-state index in [0.29, 0.717) is 19.1 Å². The zero-order chi connectivity index (χ0) is 16.9. The average Bonchev–Trinajstić information content (AvgIpc) is 3.02. The van der Waals surface area contributed by atoms with E-state index < -0.39 is 0 Å². The maximum atomic E-state index is 12.4. The summed E-state index contributed by atoms with van der Waals surface area (Å²) in [4.78, 5) is 18.8. The van der Waals surface area contributed by atoms with Crippen molar-refractivity contribution in [2.75, 3.05) is 19.6 Å². The summed E-state index contributed by atoms with van der Waals surface area (Å²) in [6.07, 6.45) is 0.369. The Morgan fingerprint density at radius 1 is 1.35 bits per heavy atom. The molecule has 0 radical (unpaired) electrons. The van der Waals surface area contributed by atoms with Crippen molar-refractivity contribution in [1.82, 2.24) is 15.2 Å². The number of carbonyl (C=O) groups excluding carboxylic acids is 1. The highest BCUT2D eigenvalue weighted by Gasteiger charge is 2.21. The Kier molecular flexibility index (Phi) is 9.36. The molecule has 3 rings (SSSR count). The van der Waals surface area contributed by atoms with Gasteiger partial charge in [0.15, 0.2) is 0 Å². The summed E-state index contributed by atoms with van der Waals surface area (Å²) in [7, 11) is 0. The van der Waals surface area contributed by atoms with Gasteiger partial charge in [-0.3, -0.25) is 4.79 Å². The third-order valence-corrected chi connectivity index (χ3v) is 4.91. The highest BCUT2D eigenvalue weighted by molar-refractivity contribution is 7.09. The third kappa shape index (κ3) is 6.43. The van der Waals surface area contributed by atoms with Gasteiger partial charge >= 0.3 is 0 Å². The van der Waals surface area contributed by atoms with E-state index in [9.17, 15) is 4.79 Å². The van der Waals surface area contributed by atoms with Crippen LogP contribution < -0.4 is 10.1 Å². The number of thiazole rings is 1. The first-order chi connectivity index (χ1) is 11.6. The molecule has 1 aliphatic heterocycles. The van der Waals surface area contributed by atoms with Crippen LogP contribution in [0.2, 0.25) is 0 Å². The Bertz CT molecular complexity index is 694. The highest BCUT2D eigenvalue weighted by Crippen LogP contribution is 2.17. The van der Waals surface area contributed by atoms with E-state index in [2.05, 4.69) is 17.2 Å². The van der Waals surface area contributed by atoms with E-state index in [0.717, 1.165) is 36.1 Å². The van der Waals surface area contributed by atoms with Gasteiger partial charge in [-0.1, -0.05) is 17.7 Å². The molecule has 1 saturated heterocycles. The Morgan fingerprint density at radius 2 is 2.08 bits per heavy atom. The van der Waals surface area contributed by atoms with Crippen molar-refractivity contribution in [3.8, 4) is 5.75 Å². The van der Waals surface area contributed by atoms with Crippen molar-refractivity contribution in [1.29, 1.82) is 0 Å². The molecule has 8 heteroatoms. The lowest BCUT2D eigenvalue weighted by Crippen LogP contribution is -2.51. The minimum Gasteiger partial charge on any atom is -0.486 e. The Morgan fingerprint density at radius 3 is 2.77 bits per heavy atom. The summed E-state index contributed by atoms with van der Waals surface area (Å²) in [5.74, 6) is 0.989. The molecule has 0 bridgehead atoms. The van der Waals surface area contributed by atoms with E-state index in [-0.39, 0.29) is 30.7 Å². The maximum absolute atomic E-state index is 12.4. The van der Waals surface area contributed by atoms with Crippen LogP contribution in [0.15, 0.2) is 29.6 Å². The maximum Gasteiger partial charge on any atom is 0.228 e. The fourth-order valence-corrected chi connectivity index (χ4v) is 3.41. The van der Waals surface area contributed by atoms with Crippen molar-refractivity contribution < 1.29 is 9.53 Å². The largest absolute Gasteiger partial charge is 0.486 e. The highest BCUT2D eigenvalue weighted by atomic mass is 35.5. The lowest BCUT2D eigenvalue weighted by atomic mass is 10.2. The third-order valence-electron chi connectivity index (χ3n) is 4.04. The predicted octanol–water partition coefficient (Wildman–Crippen LogP) is 3.24. The molecule has 2 aromatic rings. The molecule has 5 nitrogen and oxygen atoms in total. The monoisotopic (exact) mass is 417 g/mol. The summed E-state index contributed by atoms with van der Waals surface area (Å²) in [5.41, 5.74) is 2.04. The molecule has 1 unspecified atom stereocenters. The number of benzene rings is 1. The molecule has 26 heavy (non-hydrogen) atoms. The molecule has 1 aromatic heterocycles. The number of hydrogen-bond acceptors (Lipinski definition) is 5. The Balaban J connectivity index is 0.00000169. The predicted molar refractivity (Wildman–Crippen MR) is 110 cm³/mol. The SMILES string of the molecule is Cc1ccc(OCc2nc(CC(=O)N3CCNC(C)C3)cs2)cc1.Cl.Cl. The molecule has 0 spiro atoms. The molecule has 0 saturated carbocycles. The van der Waals surface area contributed by atoms with Gasteiger partial charge in [0.25, 0.3) is 0 Å². The van der Waals surface area contributed by atoms with Crippen LogP contribution in [0.3, 0.4) is 0 Å². The molecule has 1 fully saturated rings. The number of ether oxygens (including phenoxy) is 1. The summed E-state index contributed by atoms with van der Waals surface area (Å²) in [6, 6.07) is 8.32. The lowest BCUT2D eigenvalue weighted by Gasteiger charge is -2.31. The number of amides is 1. The smallest absolute Gasteiger partial charge is 0.228 e. The molecule has 144 valence electrons. The number of aromatic nitrogens is 1. The lowest BCUT2D eigenvalue weighted by molar-refractivity contribution is -0.131. The number of rotatable bonds is 5. The first-order valence-electron chi connectivity index (χ1n) is 8.24. The summed E-state index contributed by atoms with van der Waals surface area (Å²) in [5, 5.41) is 6.20. The number of halogens is 2. The van der Waals surface area contributed by atoms with Crippen molar-refractivity contribution >= 4 is 42.1 Å². The average molecular weight is 418 g/mol. The van der Waals surface area contributed by atoms with Crippen LogP contribution in [0.4, 0.5) is 0 Å². The van der Waals surface area contributed by atoms with Crippen LogP contribution in [-0.2, 0) is 17.8 Å². The molecule has 1 aromatic carbocycles. The van der Waals surface area contributed by atoms with Gasteiger partial charge in [-0.25, -0.2) is 4.98 Å². The van der Waals surface area contributed by atoms with E-state index in [1.165, 1.54) is 5.56 Å². The van der Waals surface area contributed by atoms with Gasteiger partial charge in [-0.15, -0.1) is 36.2 Å². The molecule has 1 aliphatic rings. The van der Waals surface area contributed by atoms with Crippen LogP contribution in [0.25, 0.3) is 0 Å². The summed E-state index contributed by atoms with van der Waals surface area (Å²) in [6.45, 7) is 6.99. The van der Waals surface area contributed by atoms with Crippen LogP contribution >= 0.6 is 36.2 Å². The second-order valence-corrected chi connectivity index (χ2v) is 7.15. The number of carbonyl (C=O) groups is 1. The molecular formula is C18H25Cl2N3O2S. The van der Waals surface area contributed by atoms with Gasteiger partial charge in [0.2, 0.25) is 5.91 Å². The number of aryl methyl sites for hydroxylation is 1. The number of nitrogens with zero attached hydrogens (tertiary/aromatic N) is 2. The van der Waals surface area contributed by atoms with Crippen molar-refractivity contribution in [2.45, 2.75) is 32.9 Å². The van der Waals surface area contributed by atoms with E-state index in [4.69, 9.17) is 4.74 Å². The fraction of sp³-hybridized carbons (Fsp3) is 0.444. The topological polar surface area (TPSA) is 54.5 Å². The Hall–Kier alpha value is -1.34. The molecule has 1 amide bonds. The summed E-state index contributed by atoms with van der Waals surface area (Å²) < 4.78 is 5.74. The second-order valence-electron chi connectivity index (χ2n) is 6.21. The van der Waals surface area contributed by atoms with E-state index in [1.54, 1.807) is 11.3 Å². The molecule has 1 N–H and O–H groups in total. The molecule has 1 atom stereocenters. The zero-order valence-electron chi connectivity index (χ0n) is 14.9. The van der Waals surface area contributed by atoms with Gasteiger partial charge < -0.3 is 15.0 Å². The van der Waals surface area contributed by atoms with Gasteiger partial charge in [-0.05, 0) is 26.0 Å². The summed E-state index contributed by atoms with van der Waals surface area (Å²) >= 11 is 1.54. The van der Waals surface area contributed by atoms with E-state index >= 15 is 0 Å². The molecular weight excluding hydrogens is 393 g/mol. The number of nitrogens with one attached hydrogen (secondary N) is 1. The molecule has 0 aliphatic carbocycles. The van der Waals surface area contributed by atoms with Crippen LogP contribution in [0.1, 0.15) is 23.2 Å². The Labute approximate surface area is 171 Å². The normalized spacial score (nSPS) is 16.4. The first-order valence-corrected chi connectivity index (χ1v) is 9.12. The van der Waals surface area contributed by atoms with E-state index in [1.807, 2.05) is 41.5 Å². The first kappa shape index (κ1) is 22.7. The van der Waals surface area contributed by atoms with Crippen LogP contribution in [-0.4, -0.2) is 41.5 Å². The van der Waals surface area contributed by atoms with Crippen LogP contribution in [0, 0.1) is 6.92 Å². The van der Waals surface area contributed by atoms with Crippen LogP contribution in [0.5, 0.6) is 5.75 Å². The minimum atomic E-state index is 0. The van der Waals surface area contributed by atoms with Gasteiger partial charge in [0.1, 0.15) is 17.4 Å². The van der Waals surface area contributed by atoms with Crippen molar-refractivity contribution in [2.24, 2.45) is 0 Å².